The summed E-state index contributed by atoms with van der Waals surface area (Å²) in [6.45, 7) is 2.26. The molecule has 0 saturated heterocycles. The predicted octanol–water partition coefficient (Wildman–Crippen LogP) is 7.22. The maximum absolute atomic E-state index is 12.9. The van der Waals surface area contributed by atoms with E-state index < -0.39 is 17.8 Å². The maximum atomic E-state index is 12.9. The summed E-state index contributed by atoms with van der Waals surface area (Å²) in [4.78, 5) is 23.6. The molecule has 1 aliphatic rings. The molecule has 1 atom stereocenters. The van der Waals surface area contributed by atoms with Crippen LogP contribution in [0.15, 0.2) is 54.9 Å². The van der Waals surface area contributed by atoms with E-state index >= 15 is 0 Å². The minimum atomic E-state index is -4.48. The molecule has 0 bridgehead atoms. The van der Waals surface area contributed by atoms with Crippen molar-refractivity contribution >= 4 is 50.5 Å². The molecule has 3 N–H and O–H groups in total. The second-order valence-electron chi connectivity index (χ2n) is 8.61. The number of alkyl halides is 3. The summed E-state index contributed by atoms with van der Waals surface area (Å²) in [5.41, 5.74) is 1.84. The fourth-order valence-corrected chi connectivity index (χ4v) is 5.40. The SMILES string of the molecule is CC1CCc2sc3ncnc(Nc4ccc(NC(=O)Nc5cccc(C(F)(F)F)c5)cc4)c3c2C1. The third-order valence-electron chi connectivity index (χ3n) is 5.94. The van der Waals surface area contributed by atoms with E-state index in [1.165, 1.54) is 29.0 Å². The number of halogens is 3. The number of rotatable bonds is 4. The molecule has 0 aliphatic heterocycles. The second-order valence-corrected chi connectivity index (χ2v) is 9.70. The first-order valence-corrected chi connectivity index (χ1v) is 12.0. The minimum Gasteiger partial charge on any atom is -0.340 e. The lowest BCUT2D eigenvalue weighted by molar-refractivity contribution is -0.137. The summed E-state index contributed by atoms with van der Waals surface area (Å²) in [7, 11) is 0. The van der Waals surface area contributed by atoms with Crippen molar-refractivity contribution in [3.05, 3.63) is 70.9 Å². The Balaban J connectivity index is 1.28. The lowest BCUT2D eigenvalue weighted by Gasteiger charge is -2.18. The fourth-order valence-electron chi connectivity index (χ4n) is 4.22. The van der Waals surface area contributed by atoms with Gasteiger partial charge in [0.05, 0.1) is 10.9 Å². The Morgan fingerprint density at radius 2 is 1.77 bits per heavy atom. The number of thiophene rings is 1. The van der Waals surface area contributed by atoms with Gasteiger partial charge in [0.25, 0.3) is 0 Å². The number of anilines is 4. The van der Waals surface area contributed by atoms with Crippen LogP contribution in [0.4, 0.5) is 40.8 Å². The first-order chi connectivity index (χ1) is 16.8. The molecule has 2 amide bonds. The van der Waals surface area contributed by atoms with Crippen LogP contribution in [0.3, 0.4) is 0 Å². The van der Waals surface area contributed by atoms with Crippen molar-refractivity contribution in [1.82, 2.24) is 9.97 Å². The van der Waals surface area contributed by atoms with Crippen LogP contribution in [0, 0.1) is 5.92 Å². The van der Waals surface area contributed by atoms with Gasteiger partial charge in [-0.1, -0.05) is 13.0 Å². The highest BCUT2D eigenvalue weighted by atomic mass is 32.1. The van der Waals surface area contributed by atoms with Crippen molar-refractivity contribution in [3.8, 4) is 0 Å². The van der Waals surface area contributed by atoms with Gasteiger partial charge in [-0.2, -0.15) is 13.2 Å². The Hall–Kier alpha value is -3.66. The number of hydrogen-bond donors (Lipinski definition) is 3. The van der Waals surface area contributed by atoms with E-state index in [2.05, 4.69) is 32.8 Å². The standard InChI is InChI=1S/C25H22F3N5OS/c1-14-5-10-20-19(11-14)21-22(29-13-30-23(21)35-20)31-16-6-8-17(9-7-16)32-24(34)33-18-4-2-3-15(12-18)25(26,27)28/h2-4,6-9,12-14H,5,10-11H2,1H3,(H,29,30,31)(H2,32,33,34). The van der Waals surface area contributed by atoms with Crippen LogP contribution in [-0.4, -0.2) is 16.0 Å². The van der Waals surface area contributed by atoms with Gasteiger partial charge < -0.3 is 16.0 Å². The van der Waals surface area contributed by atoms with E-state index in [1.54, 1.807) is 41.9 Å². The predicted molar refractivity (Wildman–Crippen MR) is 132 cm³/mol. The lowest BCUT2D eigenvalue weighted by Crippen LogP contribution is -2.19. The fraction of sp³-hybridized carbons (Fsp3) is 0.240. The van der Waals surface area contributed by atoms with E-state index in [-0.39, 0.29) is 5.69 Å². The van der Waals surface area contributed by atoms with Crippen LogP contribution in [0.5, 0.6) is 0 Å². The Morgan fingerprint density at radius 1 is 1.03 bits per heavy atom. The summed E-state index contributed by atoms with van der Waals surface area (Å²) in [5, 5.41) is 9.48. The summed E-state index contributed by atoms with van der Waals surface area (Å²) in [5.74, 6) is 1.38. The Morgan fingerprint density at radius 3 is 2.54 bits per heavy atom. The van der Waals surface area contributed by atoms with Crippen LogP contribution in [-0.2, 0) is 19.0 Å². The average molecular weight is 498 g/mol. The smallest absolute Gasteiger partial charge is 0.340 e. The quantitative estimate of drug-likeness (QED) is 0.278. The topological polar surface area (TPSA) is 78.9 Å². The number of carbonyl (C=O) groups excluding carboxylic acids is 1. The Labute approximate surface area is 203 Å². The van der Waals surface area contributed by atoms with Gasteiger partial charge in [-0.15, -0.1) is 11.3 Å². The number of hydrogen-bond acceptors (Lipinski definition) is 5. The Kier molecular flexibility index (Phi) is 6.06. The summed E-state index contributed by atoms with van der Waals surface area (Å²) >= 11 is 1.73. The second kappa shape index (κ2) is 9.18. The van der Waals surface area contributed by atoms with Crippen LogP contribution < -0.4 is 16.0 Å². The summed E-state index contributed by atoms with van der Waals surface area (Å²) in [6.07, 6.45) is 0.351. The van der Waals surface area contributed by atoms with Gasteiger partial charge in [-0.05, 0) is 73.2 Å². The monoisotopic (exact) mass is 497 g/mol. The molecule has 0 radical (unpaired) electrons. The van der Waals surface area contributed by atoms with Gasteiger partial charge in [0.2, 0.25) is 0 Å². The van der Waals surface area contributed by atoms with Crippen molar-refractivity contribution in [1.29, 1.82) is 0 Å². The van der Waals surface area contributed by atoms with Gasteiger partial charge in [0.15, 0.2) is 0 Å². The molecule has 1 unspecified atom stereocenters. The van der Waals surface area contributed by atoms with Crippen LogP contribution in [0.25, 0.3) is 10.2 Å². The maximum Gasteiger partial charge on any atom is 0.416 e. The largest absolute Gasteiger partial charge is 0.416 e. The lowest BCUT2D eigenvalue weighted by atomic mass is 9.88. The van der Waals surface area contributed by atoms with Gasteiger partial charge in [-0.25, -0.2) is 14.8 Å². The number of fused-ring (bicyclic) bond motifs is 3. The van der Waals surface area contributed by atoms with Crippen molar-refractivity contribution in [2.75, 3.05) is 16.0 Å². The number of nitrogens with zero attached hydrogens (tertiary/aromatic N) is 2. The zero-order valence-corrected chi connectivity index (χ0v) is 19.6. The molecule has 2 aromatic carbocycles. The summed E-state index contributed by atoms with van der Waals surface area (Å²) in [6, 6.07) is 10.9. The van der Waals surface area contributed by atoms with E-state index in [4.69, 9.17) is 0 Å². The van der Waals surface area contributed by atoms with E-state index in [1.807, 2.05) is 0 Å². The number of nitrogens with one attached hydrogen (secondary N) is 3. The molecule has 0 saturated carbocycles. The normalized spacial score (nSPS) is 15.5. The summed E-state index contributed by atoms with van der Waals surface area (Å²) < 4.78 is 38.6. The molecule has 5 rings (SSSR count). The molecule has 4 aromatic rings. The first-order valence-electron chi connectivity index (χ1n) is 11.1. The molecule has 35 heavy (non-hydrogen) atoms. The number of aryl methyl sites for hydroxylation is 1. The molecule has 1 aliphatic carbocycles. The highest BCUT2D eigenvalue weighted by molar-refractivity contribution is 7.19. The molecule has 6 nitrogen and oxygen atoms in total. The third kappa shape index (κ3) is 5.07. The zero-order valence-electron chi connectivity index (χ0n) is 18.7. The number of carbonyl (C=O) groups is 1. The highest BCUT2D eigenvalue weighted by Crippen LogP contribution is 2.40. The van der Waals surface area contributed by atoms with Crippen LogP contribution in [0.1, 0.15) is 29.3 Å². The Bertz CT molecular complexity index is 1380. The highest BCUT2D eigenvalue weighted by Gasteiger charge is 2.30. The van der Waals surface area contributed by atoms with Crippen molar-refractivity contribution in [2.45, 2.75) is 32.4 Å². The van der Waals surface area contributed by atoms with E-state index in [0.29, 0.717) is 11.6 Å². The van der Waals surface area contributed by atoms with Gasteiger partial charge in [0.1, 0.15) is 17.0 Å². The van der Waals surface area contributed by atoms with Gasteiger partial charge >= 0.3 is 12.2 Å². The third-order valence-corrected chi connectivity index (χ3v) is 7.14. The van der Waals surface area contributed by atoms with Crippen LogP contribution in [0.2, 0.25) is 0 Å². The molecular weight excluding hydrogens is 475 g/mol. The van der Waals surface area contributed by atoms with Gasteiger partial charge in [-0.3, -0.25) is 0 Å². The molecule has 180 valence electrons. The van der Waals surface area contributed by atoms with Crippen molar-refractivity contribution < 1.29 is 18.0 Å². The number of benzene rings is 2. The average Bonchev–Trinajstić information content (AvgIpc) is 3.18. The van der Waals surface area contributed by atoms with Crippen molar-refractivity contribution in [2.24, 2.45) is 5.92 Å². The van der Waals surface area contributed by atoms with E-state index in [0.717, 1.165) is 46.7 Å². The molecule has 10 heteroatoms. The number of urea groups is 1. The first kappa shape index (κ1) is 23.1. The molecule has 0 fully saturated rings. The molecule has 0 spiro atoms. The van der Waals surface area contributed by atoms with E-state index in [9.17, 15) is 18.0 Å². The van der Waals surface area contributed by atoms with Gasteiger partial charge in [0, 0.05) is 21.9 Å². The molecular formula is C25H22F3N5OS. The van der Waals surface area contributed by atoms with Crippen LogP contribution >= 0.6 is 11.3 Å². The number of amides is 2. The zero-order chi connectivity index (χ0) is 24.6. The molecule has 2 aromatic heterocycles. The van der Waals surface area contributed by atoms with Crippen molar-refractivity contribution in [3.63, 3.8) is 0 Å². The minimum absolute atomic E-state index is 0.0526. The number of aromatic nitrogens is 2. The molecule has 2 heterocycles.